The number of carbonyl (C=O) groups is 1. The maximum atomic E-state index is 11.1. The number of rotatable bonds is 2. The maximum Gasteiger partial charge on any atom is 0.148 e. The molecule has 0 amide bonds. The molecule has 2 heteroatoms. The van der Waals surface area contributed by atoms with Gasteiger partial charge in [0.05, 0.1) is 6.54 Å². The highest BCUT2D eigenvalue weighted by Crippen LogP contribution is 2.38. The molecule has 1 aliphatic carbocycles. The number of ketones is 1. The van der Waals surface area contributed by atoms with Crippen molar-refractivity contribution in [2.75, 3.05) is 19.6 Å². The fourth-order valence-corrected chi connectivity index (χ4v) is 2.75. The van der Waals surface area contributed by atoms with E-state index in [1.165, 1.54) is 25.7 Å². The van der Waals surface area contributed by atoms with Gasteiger partial charge in [0.1, 0.15) is 5.78 Å². The van der Waals surface area contributed by atoms with E-state index in [4.69, 9.17) is 0 Å². The van der Waals surface area contributed by atoms with Gasteiger partial charge < -0.3 is 0 Å². The van der Waals surface area contributed by atoms with E-state index >= 15 is 0 Å². The van der Waals surface area contributed by atoms with E-state index in [9.17, 15) is 4.79 Å². The quantitative estimate of drug-likeness (QED) is 0.648. The van der Waals surface area contributed by atoms with E-state index in [-0.39, 0.29) is 0 Å². The zero-order valence-electron chi connectivity index (χ0n) is 8.51. The molecule has 13 heavy (non-hydrogen) atoms. The third kappa shape index (κ3) is 2.11. The minimum Gasteiger partial charge on any atom is -0.298 e. The number of carbonyl (C=O) groups excluding carboxylic acids is 1. The smallest absolute Gasteiger partial charge is 0.148 e. The molecular formula is C11H19NO. The number of hydrogen-bond acceptors (Lipinski definition) is 2. The summed E-state index contributed by atoms with van der Waals surface area (Å²) >= 11 is 0. The monoisotopic (exact) mass is 181 g/mol. The predicted molar refractivity (Wildman–Crippen MR) is 52.6 cm³/mol. The van der Waals surface area contributed by atoms with Crippen LogP contribution in [-0.2, 0) is 4.79 Å². The van der Waals surface area contributed by atoms with Crippen LogP contribution in [0, 0.1) is 5.41 Å². The first-order chi connectivity index (χ1) is 6.18. The van der Waals surface area contributed by atoms with Gasteiger partial charge in [-0.15, -0.1) is 0 Å². The first-order valence-electron chi connectivity index (χ1n) is 5.42. The van der Waals surface area contributed by atoms with Crippen LogP contribution in [0.25, 0.3) is 0 Å². The largest absolute Gasteiger partial charge is 0.298 e. The Hall–Kier alpha value is -0.370. The van der Waals surface area contributed by atoms with Crippen LogP contribution in [0.4, 0.5) is 0 Å². The van der Waals surface area contributed by atoms with Crippen LogP contribution in [0.15, 0.2) is 0 Å². The molecule has 0 aromatic heterocycles. The van der Waals surface area contributed by atoms with E-state index in [2.05, 4.69) is 11.8 Å². The summed E-state index contributed by atoms with van der Waals surface area (Å²) in [5.41, 5.74) is 0.518. The summed E-state index contributed by atoms with van der Waals surface area (Å²) in [6.45, 7) is 5.26. The molecule has 0 atom stereocenters. The summed E-state index contributed by atoms with van der Waals surface area (Å²) in [6.07, 6.45) is 6.28. The highest BCUT2D eigenvalue weighted by atomic mass is 16.1. The van der Waals surface area contributed by atoms with Gasteiger partial charge in [-0.25, -0.2) is 0 Å². The highest BCUT2D eigenvalue weighted by Gasteiger charge is 2.32. The van der Waals surface area contributed by atoms with Gasteiger partial charge >= 0.3 is 0 Å². The van der Waals surface area contributed by atoms with Gasteiger partial charge in [0.15, 0.2) is 0 Å². The second-order valence-corrected chi connectivity index (χ2v) is 5.02. The van der Waals surface area contributed by atoms with Crippen LogP contribution in [0.2, 0.25) is 0 Å². The van der Waals surface area contributed by atoms with Crippen molar-refractivity contribution in [2.45, 2.75) is 39.0 Å². The topological polar surface area (TPSA) is 20.3 Å². The Labute approximate surface area is 80.3 Å². The molecule has 0 unspecified atom stereocenters. The van der Waals surface area contributed by atoms with E-state index in [1.54, 1.807) is 0 Å². The van der Waals surface area contributed by atoms with E-state index in [1.807, 2.05) is 0 Å². The Morgan fingerprint density at radius 1 is 1.38 bits per heavy atom. The van der Waals surface area contributed by atoms with Crippen molar-refractivity contribution in [3.63, 3.8) is 0 Å². The Bertz CT molecular complexity index is 206. The van der Waals surface area contributed by atoms with E-state index in [0.29, 0.717) is 11.2 Å². The molecule has 2 rings (SSSR count). The van der Waals surface area contributed by atoms with Crippen molar-refractivity contribution in [2.24, 2.45) is 5.41 Å². The summed E-state index contributed by atoms with van der Waals surface area (Å²) in [7, 11) is 0. The molecule has 1 heterocycles. The summed E-state index contributed by atoms with van der Waals surface area (Å²) in [6, 6.07) is 0. The molecule has 74 valence electrons. The molecular weight excluding hydrogens is 162 g/mol. The van der Waals surface area contributed by atoms with Crippen LogP contribution in [-0.4, -0.2) is 30.3 Å². The van der Waals surface area contributed by atoms with Gasteiger partial charge in [0.2, 0.25) is 0 Å². The zero-order chi connectivity index (χ0) is 9.31. The van der Waals surface area contributed by atoms with Crippen LogP contribution < -0.4 is 0 Å². The summed E-state index contributed by atoms with van der Waals surface area (Å²) < 4.78 is 0. The van der Waals surface area contributed by atoms with Crippen molar-refractivity contribution < 1.29 is 4.79 Å². The fourth-order valence-electron chi connectivity index (χ4n) is 2.75. The first kappa shape index (κ1) is 9.20. The molecule has 0 aromatic carbocycles. The molecule has 2 nitrogen and oxygen atoms in total. The maximum absolute atomic E-state index is 11.1. The Morgan fingerprint density at radius 3 is 2.62 bits per heavy atom. The van der Waals surface area contributed by atoms with Crippen LogP contribution >= 0.6 is 0 Å². The van der Waals surface area contributed by atoms with Crippen molar-refractivity contribution in [3.05, 3.63) is 0 Å². The fraction of sp³-hybridized carbons (Fsp3) is 0.909. The number of hydrogen-bond donors (Lipinski definition) is 0. The average Bonchev–Trinajstić information content (AvgIpc) is 2.62. The predicted octanol–water partition coefficient (Wildman–Crippen LogP) is 1.84. The highest BCUT2D eigenvalue weighted by molar-refractivity contribution is 5.82. The van der Waals surface area contributed by atoms with Gasteiger partial charge in [-0.05, 0) is 18.3 Å². The van der Waals surface area contributed by atoms with Gasteiger partial charge in [0.25, 0.3) is 0 Å². The van der Waals surface area contributed by atoms with Gasteiger partial charge in [-0.1, -0.05) is 19.8 Å². The van der Waals surface area contributed by atoms with Gasteiger partial charge in [-0.2, -0.15) is 0 Å². The van der Waals surface area contributed by atoms with Gasteiger partial charge in [-0.3, -0.25) is 9.69 Å². The van der Waals surface area contributed by atoms with Crippen molar-refractivity contribution in [1.82, 2.24) is 4.90 Å². The van der Waals surface area contributed by atoms with E-state index in [0.717, 1.165) is 26.1 Å². The Balaban J connectivity index is 1.86. The minimum atomic E-state index is 0.432. The lowest BCUT2D eigenvalue weighted by Crippen LogP contribution is -2.32. The third-order valence-corrected chi connectivity index (χ3v) is 3.52. The van der Waals surface area contributed by atoms with Crippen LogP contribution in [0.5, 0.6) is 0 Å². The molecule has 0 spiro atoms. The average molecular weight is 181 g/mol. The van der Waals surface area contributed by atoms with E-state index < -0.39 is 0 Å². The molecule has 0 aromatic rings. The Morgan fingerprint density at radius 2 is 2.08 bits per heavy atom. The molecule has 0 N–H and O–H groups in total. The zero-order valence-corrected chi connectivity index (χ0v) is 8.51. The SMILES string of the molecule is CC1(CN2CCC(=O)C2)CCCC1. The second kappa shape index (κ2) is 3.41. The molecule has 2 aliphatic rings. The third-order valence-electron chi connectivity index (χ3n) is 3.52. The molecule has 2 fully saturated rings. The molecule has 1 saturated heterocycles. The molecule has 1 saturated carbocycles. The van der Waals surface area contributed by atoms with Gasteiger partial charge in [0, 0.05) is 19.5 Å². The van der Waals surface area contributed by atoms with Crippen molar-refractivity contribution in [3.8, 4) is 0 Å². The summed E-state index contributed by atoms with van der Waals surface area (Å²) in [5.74, 6) is 0.432. The summed E-state index contributed by atoms with van der Waals surface area (Å²) in [5, 5.41) is 0. The standard InChI is InChI=1S/C11H19NO/c1-11(5-2-3-6-11)9-12-7-4-10(13)8-12/h2-9H2,1H3. The Kier molecular flexibility index (Phi) is 2.41. The van der Waals surface area contributed by atoms with Crippen molar-refractivity contribution >= 4 is 5.78 Å². The minimum absolute atomic E-state index is 0.432. The normalized spacial score (nSPS) is 28.5. The van der Waals surface area contributed by atoms with Crippen LogP contribution in [0.1, 0.15) is 39.0 Å². The summed E-state index contributed by atoms with van der Waals surface area (Å²) in [4.78, 5) is 13.4. The lowest BCUT2D eigenvalue weighted by Gasteiger charge is -2.28. The lowest BCUT2D eigenvalue weighted by molar-refractivity contribution is -0.117. The molecule has 0 radical (unpaired) electrons. The number of Topliss-reactive ketones (excluding diaryl/α,β-unsaturated/α-hetero) is 1. The number of nitrogens with zero attached hydrogens (tertiary/aromatic N) is 1. The number of likely N-dealkylation sites (tertiary alicyclic amines) is 1. The van der Waals surface area contributed by atoms with Crippen LogP contribution in [0.3, 0.4) is 0 Å². The molecule has 0 bridgehead atoms. The first-order valence-corrected chi connectivity index (χ1v) is 5.42. The van der Waals surface area contributed by atoms with Crippen molar-refractivity contribution in [1.29, 1.82) is 0 Å². The second-order valence-electron chi connectivity index (χ2n) is 5.02. The lowest BCUT2D eigenvalue weighted by atomic mass is 9.88. The molecule has 1 aliphatic heterocycles.